The monoisotopic (exact) mass is 464 g/mol. The Balaban J connectivity index is 1.46. The number of hydrogen-bond acceptors (Lipinski definition) is 4. The van der Waals surface area contributed by atoms with Crippen LogP contribution in [0.25, 0.3) is 11.1 Å². The van der Waals surface area contributed by atoms with Crippen LogP contribution >= 0.6 is 0 Å². The molecule has 4 atom stereocenters. The van der Waals surface area contributed by atoms with E-state index in [9.17, 15) is 19.5 Å². The molecule has 1 aliphatic heterocycles. The van der Waals surface area contributed by atoms with Crippen LogP contribution in [0, 0.1) is 11.8 Å². The summed E-state index contributed by atoms with van der Waals surface area (Å²) < 4.78 is 5.64. The number of amides is 2. The summed E-state index contributed by atoms with van der Waals surface area (Å²) in [6.07, 6.45) is 0.613. The molecule has 1 aliphatic carbocycles. The highest BCUT2D eigenvalue weighted by Gasteiger charge is 2.43. The van der Waals surface area contributed by atoms with Crippen LogP contribution in [0.2, 0.25) is 0 Å². The van der Waals surface area contributed by atoms with E-state index in [-0.39, 0.29) is 30.3 Å². The van der Waals surface area contributed by atoms with E-state index in [1.807, 2.05) is 57.2 Å². The molecule has 180 valence electrons. The molecule has 3 unspecified atom stereocenters. The molecule has 0 aromatic heterocycles. The highest BCUT2D eigenvalue weighted by molar-refractivity contribution is 5.90. The van der Waals surface area contributed by atoms with Crippen molar-refractivity contribution >= 4 is 18.0 Å². The molecule has 34 heavy (non-hydrogen) atoms. The summed E-state index contributed by atoms with van der Waals surface area (Å²) in [5, 5.41) is 12.4. The van der Waals surface area contributed by atoms with Gasteiger partial charge >= 0.3 is 12.1 Å². The number of benzene rings is 2. The second-order valence-corrected chi connectivity index (χ2v) is 9.41. The SMILES string of the molecule is CCC(C)[C@H](NC(=O)OCC1c2ccccc2-c2ccccc21)C(=O)N1CCC(C)C1C(=O)O. The number of carbonyl (C=O) groups excluding carboxylic acids is 2. The van der Waals surface area contributed by atoms with Gasteiger partial charge in [0.05, 0.1) is 0 Å². The van der Waals surface area contributed by atoms with Crippen molar-refractivity contribution < 1.29 is 24.2 Å². The second-order valence-electron chi connectivity index (χ2n) is 9.41. The van der Waals surface area contributed by atoms with Gasteiger partial charge in [-0.2, -0.15) is 0 Å². The zero-order valence-corrected chi connectivity index (χ0v) is 19.9. The van der Waals surface area contributed by atoms with E-state index in [1.54, 1.807) is 0 Å². The first-order valence-corrected chi connectivity index (χ1v) is 12.0. The quantitative estimate of drug-likeness (QED) is 0.638. The lowest BCUT2D eigenvalue weighted by Gasteiger charge is -2.31. The number of nitrogens with one attached hydrogen (secondary N) is 1. The number of fused-ring (bicyclic) bond motifs is 3. The molecule has 7 nitrogen and oxygen atoms in total. The molecule has 7 heteroatoms. The normalized spacial score (nSPS) is 20.9. The van der Waals surface area contributed by atoms with Crippen molar-refractivity contribution in [3.63, 3.8) is 0 Å². The van der Waals surface area contributed by atoms with Crippen molar-refractivity contribution in [2.75, 3.05) is 13.2 Å². The molecule has 1 heterocycles. The number of ether oxygens (including phenoxy) is 1. The Bertz CT molecular complexity index is 1040. The molecule has 0 spiro atoms. The molecule has 0 bridgehead atoms. The van der Waals surface area contributed by atoms with Gasteiger partial charge in [-0.05, 0) is 40.5 Å². The number of likely N-dealkylation sites (tertiary alicyclic amines) is 1. The zero-order valence-electron chi connectivity index (χ0n) is 19.9. The Morgan fingerprint density at radius 3 is 2.24 bits per heavy atom. The van der Waals surface area contributed by atoms with Crippen LogP contribution in [0.4, 0.5) is 4.79 Å². The Morgan fingerprint density at radius 1 is 1.09 bits per heavy atom. The lowest BCUT2D eigenvalue weighted by Crippen LogP contribution is -2.55. The third kappa shape index (κ3) is 4.39. The average molecular weight is 465 g/mol. The van der Waals surface area contributed by atoms with E-state index < -0.39 is 24.1 Å². The third-order valence-corrected chi connectivity index (χ3v) is 7.33. The van der Waals surface area contributed by atoms with Gasteiger partial charge in [0.1, 0.15) is 18.7 Å². The lowest BCUT2D eigenvalue weighted by atomic mass is 9.97. The number of carbonyl (C=O) groups is 3. The largest absolute Gasteiger partial charge is 0.480 e. The number of nitrogens with zero attached hydrogens (tertiary/aromatic N) is 1. The van der Waals surface area contributed by atoms with Crippen LogP contribution < -0.4 is 5.32 Å². The topological polar surface area (TPSA) is 95.9 Å². The maximum Gasteiger partial charge on any atom is 0.407 e. The van der Waals surface area contributed by atoms with Gasteiger partial charge in [-0.1, -0.05) is 75.7 Å². The van der Waals surface area contributed by atoms with E-state index in [4.69, 9.17) is 4.74 Å². The van der Waals surface area contributed by atoms with Crippen molar-refractivity contribution in [2.45, 2.75) is 51.6 Å². The summed E-state index contributed by atoms with van der Waals surface area (Å²) in [6.45, 7) is 6.17. The first-order valence-electron chi connectivity index (χ1n) is 12.0. The minimum absolute atomic E-state index is 0.0771. The fourth-order valence-electron chi connectivity index (χ4n) is 5.20. The summed E-state index contributed by atoms with van der Waals surface area (Å²) >= 11 is 0. The molecule has 0 saturated carbocycles. The number of aliphatic carboxylic acids is 1. The average Bonchev–Trinajstić information content (AvgIpc) is 3.38. The molecule has 1 saturated heterocycles. The summed E-state index contributed by atoms with van der Waals surface area (Å²) in [7, 11) is 0. The summed E-state index contributed by atoms with van der Waals surface area (Å²) in [5.74, 6) is -1.75. The van der Waals surface area contributed by atoms with Gasteiger partial charge in [0.2, 0.25) is 5.91 Å². The number of hydrogen-bond donors (Lipinski definition) is 2. The van der Waals surface area contributed by atoms with Crippen molar-refractivity contribution in [2.24, 2.45) is 11.8 Å². The molecule has 2 aromatic rings. The molecule has 2 aliphatic rings. The van der Waals surface area contributed by atoms with Gasteiger partial charge in [0.15, 0.2) is 0 Å². The van der Waals surface area contributed by atoms with E-state index in [0.717, 1.165) is 22.3 Å². The molecule has 2 aromatic carbocycles. The third-order valence-electron chi connectivity index (χ3n) is 7.33. The van der Waals surface area contributed by atoms with Crippen LogP contribution in [0.1, 0.15) is 50.7 Å². The first-order chi connectivity index (χ1) is 16.3. The fourth-order valence-corrected chi connectivity index (χ4v) is 5.20. The minimum Gasteiger partial charge on any atom is -0.480 e. The van der Waals surface area contributed by atoms with E-state index >= 15 is 0 Å². The predicted molar refractivity (Wildman–Crippen MR) is 128 cm³/mol. The highest BCUT2D eigenvalue weighted by atomic mass is 16.5. The Morgan fingerprint density at radius 2 is 1.68 bits per heavy atom. The standard InChI is InChI=1S/C27H32N2O5/c1-4-16(2)23(25(30)29-14-13-17(3)24(29)26(31)32)28-27(33)34-15-22-20-11-7-5-9-18(20)19-10-6-8-12-21(19)22/h5-12,16-17,22-24H,4,13-15H2,1-3H3,(H,28,33)(H,31,32)/t16?,17?,23-,24?/m0/s1. The Labute approximate surface area is 200 Å². The van der Waals surface area contributed by atoms with Crippen molar-refractivity contribution in [1.82, 2.24) is 10.2 Å². The van der Waals surface area contributed by atoms with Crippen LogP contribution in [-0.2, 0) is 14.3 Å². The number of carboxylic acid groups (broad SMARTS) is 1. The first kappa shape index (κ1) is 23.8. The van der Waals surface area contributed by atoms with Crippen molar-refractivity contribution in [1.29, 1.82) is 0 Å². The number of carboxylic acids is 1. The molecular formula is C27H32N2O5. The smallest absolute Gasteiger partial charge is 0.407 e. The van der Waals surface area contributed by atoms with E-state index in [2.05, 4.69) is 17.4 Å². The van der Waals surface area contributed by atoms with E-state index in [0.29, 0.717) is 19.4 Å². The Hall–Kier alpha value is -3.35. The maximum atomic E-state index is 13.3. The van der Waals surface area contributed by atoms with Crippen molar-refractivity contribution in [3.05, 3.63) is 59.7 Å². The summed E-state index contributed by atoms with van der Waals surface area (Å²) in [6, 6.07) is 14.5. The van der Waals surface area contributed by atoms with Gasteiger partial charge in [-0.25, -0.2) is 9.59 Å². The maximum absolute atomic E-state index is 13.3. The van der Waals surface area contributed by atoms with Crippen LogP contribution in [-0.4, -0.2) is 53.2 Å². The highest BCUT2D eigenvalue weighted by Crippen LogP contribution is 2.44. The lowest BCUT2D eigenvalue weighted by molar-refractivity contribution is -0.150. The van der Waals surface area contributed by atoms with Gasteiger partial charge in [0, 0.05) is 12.5 Å². The van der Waals surface area contributed by atoms with Crippen LogP contribution in [0.5, 0.6) is 0 Å². The number of alkyl carbamates (subject to hydrolysis) is 1. The zero-order chi connectivity index (χ0) is 24.4. The summed E-state index contributed by atoms with van der Waals surface area (Å²) in [4.78, 5) is 39.3. The minimum atomic E-state index is -1.01. The molecule has 4 rings (SSSR count). The van der Waals surface area contributed by atoms with Gasteiger partial charge in [0.25, 0.3) is 0 Å². The van der Waals surface area contributed by atoms with Gasteiger partial charge in [-0.15, -0.1) is 0 Å². The van der Waals surface area contributed by atoms with Crippen LogP contribution in [0.3, 0.4) is 0 Å². The molecule has 2 amide bonds. The van der Waals surface area contributed by atoms with Gasteiger partial charge in [-0.3, -0.25) is 4.79 Å². The van der Waals surface area contributed by atoms with E-state index in [1.165, 1.54) is 4.90 Å². The predicted octanol–water partition coefficient (Wildman–Crippen LogP) is 4.26. The van der Waals surface area contributed by atoms with Crippen LogP contribution in [0.15, 0.2) is 48.5 Å². The fraction of sp³-hybridized carbons (Fsp3) is 0.444. The van der Waals surface area contributed by atoms with Gasteiger partial charge < -0.3 is 20.1 Å². The second kappa shape index (κ2) is 9.87. The molecule has 2 N–H and O–H groups in total. The molecular weight excluding hydrogens is 432 g/mol. The number of rotatable bonds is 7. The molecule has 1 fully saturated rings. The molecule has 0 radical (unpaired) electrons. The van der Waals surface area contributed by atoms with Crippen molar-refractivity contribution in [3.8, 4) is 11.1 Å². The Kier molecular flexibility index (Phi) is 6.91. The summed E-state index contributed by atoms with van der Waals surface area (Å²) in [5.41, 5.74) is 4.51.